The highest BCUT2D eigenvalue weighted by atomic mass is 16.5. The van der Waals surface area contributed by atoms with Crippen molar-refractivity contribution in [2.75, 3.05) is 39.4 Å². The second-order valence-corrected chi connectivity index (χ2v) is 6.93. The predicted molar refractivity (Wildman–Crippen MR) is 89.2 cm³/mol. The molecular formula is C18H25N3O3. The van der Waals surface area contributed by atoms with Crippen LogP contribution in [0.15, 0.2) is 18.5 Å². The lowest BCUT2D eigenvalue weighted by Gasteiger charge is -2.22. The summed E-state index contributed by atoms with van der Waals surface area (Å²) in [7, 11) is 0. The molecule has 1 aromatic rings. The Hall–Kier alpha value is -1.66. The van der Waals surface area contributed by atoms with Crippen LogP contribution < -0.4 is 4.74 Å². The number of hydrogen-bond donors (Lipinski definition) is 0. The molecule has 1 amide bonds. The zero-order valence-corrected chi connectivity index (χ0v) is 14.0. The number of aromatic nitrogens is 1. The first-order valence-electron chi connectivity index (χ1n) is 9.02. The Balaban J connectivity index is 1.39. The zero-order chi connectivity index (χ0) is 16.4. The summed E-state index contributed by atoms with van der Waals surface area (Å²) < 4.78 is 11.2. The van der Waals surface area contributed by atoms with Crippen LogP contribution >= 0.6 is 0 Å². The van der Waals surface area contributed by atoms with E-state index >= 15 is 0 Å². The molecule has 0 aromatic carbocycles. The number of carbonyl (C=O) groups is 1. The molecule has 6 nitrogen and oxygen atoms in total. The van der Waals surface area contributed by atoms with E-state index in [0.29, 0.717) is 17.9 Å². The lowest BCUT2D eigenvalue weighted by molar-refractivity contribution is 0.0759. The van der Waals surface area contributed by atoms with Crippen LogP contribution in [-0.4, -0.2) is 72.2 Å². The summed E-state index contributed by atoms with van der Waals surface area (Å²) in [5.74, 6) is 0.721. The van der Waals surface area contributed by atoms with E-state index in [0.717, 1.165) is 51.7 Å². The molecule has 0 radical (unpaired) electrons. The van der Waals surface area contributed by atoms with E-state index in [9.17, 15) is 4.79 Å². The van der Waals surface area contributed by atoms with Crippen molar-refractivity contribution in [2.45, 2.75) is 37.8 Å². The van der Waals surface area contributed by atoms with Crippen LogP contribution in [0.25, 0.3) is 0 Å². The minimum absolute atomic E-state index is 0.0632. The third-order valence-corrected chi connectivity index (χ3v) is 5.03. The van der Waals surface area contributed by atoms with Gasteiger partial charge in [-0.3, -0.25) is 14.7 Å². The first kappa shape index (κ1) is 15.8. The Morgan fingerprint density at radius 3 is 2.88 bits per heavy atom. The Morgan fingerprint density at radius 1 is 1.17 bits per heavy atom. The SMILES string of the molecule is O=C(c1cncc(OC2CCOC2)c1)N1CCCN(C2CC2)CC1. The van der Waals surface area contributed by atoms with Crippen LogP contribution in [0.4, 0.5) is 0 Å². The summed E-state index contributed by atoms with van der Waals surface area (Å²) in [6.07, 6.45) is 7.97. The molecule has 24 heavy (non-hydrogen) atoms. The second kappa shape index (κ2) is 7.07. The van der Waals surface area contributed by atoms with Gasteiger partial charge in [0.2, 0.25) is 0 Å². The van der Waals surface area contributed by atoms with Gasteiger partial charge in [0, 0.05) is 44.8 Å². The molecule has 1 atom stereocenters. The van der Waals surface area contributed by atoms with Gasteiger partial charge in [0.1, 0.15) is 11.9 Å². The van der Waals surface area contributed by atoms with Crippen molar-refractivity contribution in [1.29, 1.82) is 0 Å². The summed E-state index contributed by atoms with van der Waals surface area (Å²) in [4.78, 5) is 21.5. The van der Waals surface area contributed by atoms with Crippen molar-refractivity contribution in [2.24, 2.45) is 0 Å². The van der Waals surface area contributed by atoms with E-state index in [1.807, 2.05) is 11.0 Å². The lowest BCUT2D eigenvalue weighted by atomic mass is 10.2. The normalized spacial score (nSPS) is 25.5. The molecule has 1 saturated carbocycles. The topological polar surface area (TPSA) is 54.9 Å². The standard InChI is InChI=1S/C18H25N3O3/c22-18(21-6-1-5-20(7-8-21)15-2-3-15)14-10-17(12-19-11-14)24-16-4-9-23-13-16/h10-12,15-16H,1-9,13H2. The van der Waals surface area contributed by atoms with Crippen LogP contribution in [0.3, 0.4) is 0 Å². The van der Waals surface area contributed by atoms with Gasteiger partial charge in [0.25, 0.3) is 5.91 Å². The molecule has 3 aliphatic rings. The van der Waals surface area contributed by atoms with E-state index in [-0.39, 0.29) is 12.0 Å². The van der Waals surface area contributed by atoms with Gasteiger partial charge in [-0.15, -0.1) is 0 Å². The van der Waals surface area contributed by atoms with Gasteiger partial charge in [-0.05, 0) is 25.3 Å². The number of nitrogens with zero attached hydrogens (tertiary/aromatic N) is 3. The molecule has 1 aliphatic carbocycles. The minimum atomic E-state index is 0.0632. The van der Waals surface area contributed by atoms with E-state index in [4.69, 9.17) is 9.47 Å². The number of pyridine rings is 1. The van der Waals surface area contributed by atoms with Crippen molar-refractivity contribution in [3.05, 3.63) is 24.0 Å². The highest BCUT2D eigenvalue weighted by Crippen LogP contribution is 2.27. The summed E-state index contributed by atoms with van der Waals surface area (Å²) in [5, 5.41) is 0. The number of rotatable bonds is 4. The molecule has 2 saturated heterocycles. The largest absolute Gasteiger partial charge is 0.486 e. The van der Waals surface area contributed by atoms with Crippen molar-refractivity contribution in [3.8, 4) is 5.75 Å². The fraction of sp³-hybridized carbons (Fsp3) is 0.667. The highest BCUT2D eigenvalue weighted by Gasteiger charge is 2.31. The number of carbonyl (C=O) groups excluding carboxylic acids is 1. The average molecular weight is 331 g/mol. The van der Waals surface area contributed by atoms with Gasteiger partial charge in [-0.1, -0.05) is 0 Å². The van der Waals surface area contributed by atoms with Gasteiger partial charge >= 0.3 is 0 Å². The van der Waals surface area contributed by atoms with Crippen molar-refractivity contribution >= 4 is 5.91 Å². The summed E-state index contributed by atoms with van der Waals surface area (Å²) in [5.41, 5.74) is 0.617. The molecule has 130 valence electrons. The Labute approximate surface area is 142 Å². The monoisotopic (exact) mass is 331 g/mol. The maximum absolute atomic E-state index is 12.8. The van der Waals surface area contributed by atoms with E-state index in [1.165, 1.54) is 12.8 Å². The number of amides is 1. The third-order valence-electron chi connectivity index (χ3n) is 5.03. The molecule has 1 aromatic heterocycles. The third kappa shape index (κ3) is 3.70. The van der Waals surface area contributed by atoms with E-state index in [2.05, 4.69) is 9.88 Å². The summed E-state index contributed by atoms with van der Waals surface area (Å²) in [6, 6.07) is 2.59. The predicted octanol–water partition coefficient (Wildman–Crippen LogP) is 1.56. The maximum Gasteiger partial charge on any atom is 0.255 e. The van der Waals surface area contributed by atoms with Crippen LogP contribution in [0.2, 0.25) is 0 Å². The minimum Gasteiger partial charge on any atom is -0.486 e. The molecule has 6 heteroatoms. The summed E-state index contributed by atoms with van der Waals surface area (Å²) in [6.45, 7) is 5.07. The average Bonchev–Trinajstić information content (AvgIpc) is 3.37. The van der Waals surface area contributed by atoms with Gasteiger partial charge in [-0.2, -0.15) is 0 Å². The fourth-order valence-electron chi connectivity index (χ4n) is 3.53. The first-order chi connectivity index (χ1) is 11.8. The molecule has 2 aliphatic heterocycles. The van der Waals surface area contributed by atoms with Crippen LogP contribution in [0.5, 0.6) is 5.75 Å². The molecule has 4 rings (SSSR count). The molecule has 1 unspecified atom stereocenters. The zero-order valence-electron chi connectivity index (χ0n) is 14.0. The van der Waals surface area contributed by atoms with Gasteiger partial charge in [0.05, 0.1) is 25.0 Å². The molecule has 0 bridgehead atoms. The molecule has 0 N–H and O–H groups in total. The lowest BCUT2D eigenvalue weighted by Crippen LogP contribution is -2.35. The van der Waals surface area contributed by atoms with Gasteiger partial charge in [0.15, 0.2) is 0 Å². The van der Waals surface area contributed by atoms with Crippen LogP contribution in [-0.2, 0) is 4.74 Å². The van der Waals surface area contributed by atoms with Crippen molar-refractivity contribution < 1.29 is 14.3 Å². The molecule has 3 heterocycles. The Morgan fingerprint density at radius 2 is 2.08 bits per heavy atom. The smallest absolute Gasteiger partial charge is 0.255 e. The van der Waals surface area contributed by atoms with Crippen LogP contribution in [0.1, 0.15) is 36.0 Å². The first-order valence-corrected chi connectivity index (χ1v) is 9.02. The van der Waals surface area contributed by atoms with E-state index in [1.54, 1.807) is 12.4 Å². The Kier molecular flexibility index (Phi) is 4.67. The molecular weight excluding hydrogens is 306 g/mol. The van der Waals surface area contributed by atoms with Crippen molar-refractivity contribution in [1.82, 2.24) is 14.8 Å². The quantitative estimate of drug-likeness (QED) is 0.838. The fourth-order valence-corrected chi connectivity index (χ4v) is 3.53. The maximum atomic E-state index is 12.8. The Bertz CT molecular complexity index is 585. The van der Waals surface area contributed by atoms with Gasteiger partial charge < -0.3 is 14.4 Å². The molecule has 3 fully saturated rings. The van der Waals surface area contributed by atoms with Crippen molar-refractivity contribution in [3.63, 3.8) is 0 Å². The van der Waals surface area contributed by atoms with Gasteiger partial charge in [-0.25, -0.2) is 0 Å². The highest BCUT2D eigenvalue weighted by molar-refractivity contribution is 5.94. The summed E-state index contributed by atoms with van der Waals surface area (Å²) >= 11 is 0. The second-order valence-electron chi connectivity index (χ2n) is 6.93. The number of ether oxygens (including phenoxy) is 2. The number of hydrogen-bond acceptors (Lipinski definition) is 5. The molecule has 0 spiro atoms. The van der Waals surface area contributed by atoms with Crippen LogP contribution in [0, 0.1) is 0 Å². The van der Waals surface area contributed by atoms with E-state index < -0.39 is 0 Å².